The third kappa shape index (κ3) is 3.31. The standard InChI is InChI=1S/C21H27NOSe/c1-14-10-16-17(21(4,5)9-8-20(16,2)3)11-18(14)24-19-7-6-15(13-23)12-22-19/h6-7,10-12,23H,8-9,13H2,1-5H3. The van der Waals surface area contributed by atoms with Gasteiger partial charge in [0.25, 0.3) is 0 Å². The zero-order valence-electron chi connectivity index (χ0n) is 15.3. The van der Waals surface area contributed by atoms with Crippen molar-refractivity contribution in [1.82, 2.24) is 4.98 Å². The van der Waals surface area contributed by atoms with Crippen molar-refractivity contribution in [2.45, 2.75) is 64.9 Å². The zero-order valence-corrected chi connectivity index (χ0v) is 17.0. The second-order valence-corrected chi connectivity index (χ2v) is 10.4. The first-order chi connectivity index (χ1) is 11.2. The van der Waals surface area contributed by atoms with Crippen LogP contribution in [-0.4, -0.2) is 25.0 Å². The van der Waals surface area contributed by atoms with E-state index in [0.29, 0.717) is 0 Å². The molecule has 1 aromatic carbocycles. The van der Waals surface area contributed by atoms with Crippen molar-refractivity contribution in [2.75, 3.05) is 0 Å². The molecule has 24 heavy (non-hydrogen) atoms. The molecule has 3 heteroatoms. The molecule has 0 atom stereocenters. The fraction of sp³-hybridized carbons (Fsp3) is 0.476. The van der Waals surface area contributed by atoms with Crippen molar-refractivity contribution >= 4 is 24.0 Å². The molecule has 1 aromatic heterocycles. The van der Waals surface area contributed by atoms with Crippen molar-refractivity contribution in [2.24, 2.45) is 0 Å². The third-order valence-corrected chi connectivity index (χ3v) is 7.67. The summed E-state index contributed by atoms with van der Waals surface area (Å²) in [6.45, 7) is 11.8. The molecule has 1 N–H and O–H groups in total. The molecule has 0 spiro atoms. The SMILES string of the molecule is Cc1cc2c(cc1[Se]c1ccc(CO)cn1)C(C)(C)CCC2(C)C. The first kappa shape index (κ1) is 17.7. The van der Waals surface area contributed by atoms with Gasteiger partial charge in [-0.1, -0.05) is 0 Å². The molecule has 1 heterocycles. The summed E-state index contributed by atoms with van der Waals surface area (Å²) in [6.07, 6.45) is 4.28. The summed E-state index contributed by atoms with van der Waals surface area (Å²) in [4.78, 5) is 4.53. The molecule has 0 aliphatic heterocycles. The molecule has 0 radical (unpaired) electrons. The number of hydrogen-bond donors (Lipinski definition) is 1. The van der Waals surface area contributed by atoms with Gasteiger partial charge in [0.15, 0.2) is 0 Å². The van der Waals surface area contributed by atoms with E-state index >= 15 is 0 Å². The molecule has 0 saturated carbocycles. The summed E-state index contributed by atoms with van der Waals surface area (Å²) in [5, 5.41) is 9.17. The molecule has 2 aromatic rings. The Hall–Kier alpha value is -1.15. The van der Waals surface area contributed by atoms with Gasteiger partial charge in [-0.25, -0.2) is 0 Å². The Morgan fingerprint density at radius 1 is 1.04 bits per heavy atom. The number of fused-ring (bicyclic) bond motifs is 1. The Morgan fingerprint density at radius 2 is 1.67 bits per heavy atom. The van der Waals surface area contributed by atoms with Gasteiger partial charge in [-0.3, -0.25) is 0 Å². The van der Waals surface area contributed by atoms with Crippen molar-refractivity contribution in [3.05, 3.63) is 52.7 Å². The van der Waals surface area contributed by atoms with Crippen LogP contribution in [0.2, 0.25) is 0 Å². The number of aliphatic hydroxyl groups is 1. The van der Waals surface area contributed by atoms with Gasteiger partial charge in [-0.2, -0.15) is 0 Å². The van der Waals surface area contributed by atoms with Gasteiger partial charge in [0.2, 0.25) is 0 Å². The third-order valence-electron chi connectivity index (χ3n) is 5.34. The van der Waals surface area contributed by atoms with E-state index in [0.717, 1.165) is 10.2 Å². The fourth-order valence-corrected chi connectivity index (χ4v) is 5.30. The molecular formula is C21H27NOSe. The Bertz CT molecular complexity index is 747. The molecule has 0 fully saturated rings. The van der Waals surface area contributed by atoms with Crippen LogP contribution in [0.5, 0.6) is 0 Å². The first-order valence-electron chi connectivity index (χ1n) is 8.62. The van der Waals surface area contributed by atoms with Crippen LogP contribution in [0.15, 0.2) is 30.5 Å². The maximum atomic E-state index is 9.17. The van der Waals surface area contributed by atoms with Gasteiger partial charge >= 0.3 is 152 Å². The minimum atomic E-state index is 0.0570. The van der Waals surface area contributed by atoms with E-state index in [4.69, 9.17) is 5.11 Å². The van der Waals surface area contributed by atoms with Gasteiger partial charge in [-0.15, -0.1) is 0 Å². The Morgan fingerprint density at radius 3 is 2.21 bits per heavy atom. The zero-order chi connectivity index (χ0) is 17.5. The minimum absolute atomic E-state index is 0.0570. The molecule has 0 saturated heterocycles. The summed E-state index contributed by atoms with van der Waals surface area (Å²) >= 11 is 0.199. The first-order valence-corrected chi connectivity index (χ1v) is 10.3. The monoisotopic (exact) mass is 389 g/mol. The molecule has 0 unspecified atom stereocenters. The van der Waals surface area contributed by atoms with Crippen molar-refractivity contribution < 1.29 is 5.11 Å². The number of rotatable bonds is 3. The summed E-state index contributed by atoms with van der Waals surface area (Å²) in [5.74, 6) is 0. The summed E-state index contributed by atoms with van der Waals surface area (Å²) in [7, 11) is 0. The van der Waals surface area contributed by atoms with Gasteiger partial charge in [0, 0.05) is 0 Å². The molecule has 3 rings (SSSR count). The van der Waals surface area contributed by atoms with Crippen LogP contribution < -0.4 is 9.05 Å². The van der Waals surface area contributed by atoms with Gasteiger partial charge < -0.3 is 0 Å². The maximum absolute atomic E-state index is 9.17. The quantitative estimate of drug-likeness (QED) is 0.821. The average molecular weight is 388 g/mol. The molecule has 0 amide bonds. The van der Waals surface area contributed by atoms with Crippen LogP contribution >= 0.6 is 0 Å². The normalized spacial score (nSPS) is 18.2. The van der Waals surface area contributed by atoms with Crippen LogP contribution in [0, 0.1) is 6.92 Å². The predicted octanol–water partition coefficient (Wildman–Crippen LogP) is 2.89. The predicted molar refractivity (Wildman–Crippen MR) is 102 cm³/mol. The van der Waals surface area contributed by atoms with Crippen molar-refractivity contribution in [3.63, 3.8) is 0 Å². The van der Waals surface area contributed by atoms with E-state index in [-0.39, 0.29) is 32.4 Å². The number of aromatic nitrogens is 1. The molecule has 1 aliphatic carbocycles. The number of hydrogen-bond acceptors (Lipinski definition) is 2. The number of aliphatic hydroxyl groups excluding tert-OH is 1. The van der Waals surface area contributed by atoms with Crippen LogP contribution in [0.25, 0.3) is 0 Å². The van der Waals surface area contributed by atoms with E-state index in [9.17, 15) is 0 Å². The van der Waals surface area contributed by atoms with E-state index in [1.165, 1.54) is 34.0 Å². The van der Waals surface area contributed by atoms with Crippen LogP contribution in [0.3, 0.4) is 0 Å². The number of pyridine rings is 1. The van der Waals surface area contributed by atoms with E-state index in [1.54, 1.807) is 6.20 Å². The Labute approximate surface area is 151 Å². The topological polar surface area (TPSA) is 33.1 Å². The van der Waals surface area contributed by atoms with Crippen molar-refractivity contribution in [1.29, 1.82) is 0 Å². The van der Waals surface area contributed by atoms with Gasteiger partial charge in [0.05, 0.1) is 0 Å². The van der Waals surface area contributed by atoms with Crippen LogP contribution in [-0.2, 0) is 17.4 Å². The Balaban J connectivity index is 2.00. The summed E-state index contributed by atoms with van der Waals surface area (Å²) < 4.78 is 2.55. The van der Waals surface area contributed by atoms with Crippen LogP contribution in [0.4, 0.5) is 0 Å². The molecule has 0 bridgehead atoms. The van der Waals surface area contributed by atoms with E-state index in [2.05, 4.69) is 57.8 Å². The molecule has 2 nitrogen and oxygen atoms in total. The second kappa shape index (κ2) is 6.29. The molecular weight excluding hydrogens is 361 g/mol. The number of aryl methyl sites for hydroxylation is 1. The summed E-state index contributed by atoms with van der Waals surface area (Å²) in [5.41, 5.74) is 5.82. The van der Waals surface area contributed by atoms with E-state index < -0.39 is 0 Å². The van der Waals surface area contributed by atoms with E-state index in [1.807, 2.05) is 6.07 Å². The second-order valence-electron chi connectivity index (χ2n) is 8.20. The number of nitrogens with zero attached hydrogens (tertiary/aromatic N) is 1. The van der Waals surface area contributed by atoms with Gasteiger partial charge in [-0.05, 0) is 0 Å². The Kier molecular flexibility index (Phi) is 4.63. The van der Waals surface area contributed by atoms with Crippen LogP contribution in [0.1, 0.15) is 62.8 Å². The average Bonchev–Trinajstić information content (AvgIpc) is 2.54. The summed E-state index contributed by atoms with van der Waals surface area (Å²) in [6, 6.07) is 8.91. The number of benzene rings is 1. The molecule has 1 aliphatic rings. The fourth-order valence-electron chi connectivity index (χ4n) is 3.49. The van der Waals surface area contributed by atoms with Gasteiger partial charge in [0.1, 0.15) is 0 Å². The molecule has 128 valence electrons. The van der Waals surface area contributed by atoms with Crippen molar-refractivity contribution in [3.8, 4) is 0 Å².